The van der Waals surface area contributed by atoms with Gasteiger partial charge >= 0.3 is 5.97 Å². The number of rotatable bonds is 1. The van der Waals surface area contributed by atoms with Crippen LogP contribution < -0.4 is 0 Å². The van der Waals surface area contributed by atoms with E-state index in [1.165, 1.54) is 7.11 Å². The minimum Gasteiger partial charge on any atom is -0.464 e. The second kappa shape index (κ2) is 3.75. The second-order valence-corrected chi connectivity index (χ2v) is 3.76. The van der Waals surface area contributed by atoms with Crippen molar-refractivity contribution in [3.8, 4) is 0 Å². The lowest BCUT2D eigenvalue weighted by Gasteiger charge is -2.02. The molecule has 2 aromatic heterocycles. The molecule has 0 aliphatic heterocycles. The molecular formula is C10H10ClN3O2. The van der Waals surface area contributed by atoms with Crippen molar-refractivity contribution in [1.29, 1.82) is 0 Å². The molecule has 0 radical (unpaired) electrons. The first kappa shape index (κ1) is 10.9. The van der Waals surface area contributed by atoms with Crippen molar-refractivity contribution in [2.75, 3.05) is 7.11 Å². The van der Waals surface area contributed by atoms with Crippen LogP contribution in [0.3, 0.4) is 0 Å². The predicted molar refractivity (Wildman–Crippen MR) is 58.8 cm³/mol. The van der Waals surface area contributed by atoms with Gasteiger partial charge < -0.3 is 4.74 Å². The van der Waals surface area contributed by atoms with Crippen LogP contribution in [0.1, 0.15) is 21.9 Å². The van der Waals surface area contributed by atoms with Crippen LogP contribution in [-0.4, -0.2) is 27.4 Å². The molecule has 0 bridgehead atoms. The zero-order chi connectivity index (χ0) is 11.9. The van der Waals surface area contributed by atoms with Crippen LogP contribution in [0.5, 0.6) is 0 Å². The third kappa shape index (κ3) is 1.53. The van der Waals surface area contributed by atoms with E-state index in [1.54, 1.807) is 24.4 Å². The number of nitrogens with zero attached hydrogens (tertiary/aromatic N) is 3. The number of hydrogen-bond acceptors (Lipinski definition) is 4. The third-order valence-corrected chi connectivity index (χ3v) is 2.49. The normalized spacial score (nSPS) is 10.8. The fraction of sp³-hybridized carbons (Fsp3) is 0.300. The van der Waals surface area contributed by atoms with Gasteiger partial charge in [0.05, 0.1) is 18.5 Å². The minimum absolute atomic E-state index is 0.276. The number of aromatic nitrogens is 3. The van der Waals surface area contributed by atoms with Gasteiger partial charge in [-0.05, 0) is 13.8 Å². The van der Waals surface area contributed by atoms with Gasteiger partial charge in [-0.3, -0.25) is 4.40 Å². The van der Waals surface area contributed by atoms with Crippen molar-refractivity contribution in [2.45, 2.75) is 13.8 Å². The van der Waals surface area contributed by atoms with Crippen LogP contribution in [-0.2, 0) is 4.74 Å². The van der Waals surface area contributed by atoms with Crippen LogP contribution in [0.2, 0.25) is 5.15 Å². The lowest BCUT2D eigenvalue weighted by atomic mass is 10.3. The van der Waals surface area contributed by atoms with Gasteiger partial charge in [0, 0.05) is 6.20 Å². The summed E-state index contributed by atoms with van der Waals surface area (Å²) in [7, 11) is 1.33. The molecule has 2 rings (SSSR count). The number of carbonyl (C=O) groups excluding carboxylic acids is 1. The van der Waals surface area contributed by atoms with Crippen LogP contribution in [0.25, 0.3) is 5.65 Å². The Balaban J connectivity index is 2.83. The maximum absolute atomic E-state index is 11.6. The summed E-state index contributed by atoms with van der Waals surface area (Å²) in [6.45, 7) is 3.52. The van der Waals surface area contributed by atoms with Gasteiger partial charge in [-0.2, -0.15) is 0 Å². The topological polar surface area (TPSA) is 56.5 Å². The van der Waals surface area contributed by atoms with E-state index in [4.69, 9.17) is 16.3 Å². The average molecular weight is 240 g/mol. The number of carbonyl (C=O) groups is 1. The summed E-state index contributed by atoms with van der Waals surface area (Å²) in [6.07, 6.45) is 1.70. The highest BCUT2D eigenvalue weighted by atomic mass is 35.5. The Labute approximate surface area is 97.0 Å². The number of imidazole rings is 1. The molecule has 0 atom stereocenters. The van der Waals surface area contributed by atoms with Gasteiger partial charge in [0.1, 0.15) is 0 Å². The Morgan fingerprint density at radius 3 is 2.75 bits per heavy atom. The average Bonchev–Trinajstić information content (AvgIpc) is 2.54. The van der Waals surface area contributed by atoms with Crippen LogP contribution >= 0.6 is 11.6 Å². The Bertz CT molecular complexity index is 577. The first-order chi connectivity index (χ1) is 7.54. The molecule has 0 amide bonds. The Morgan fingerprint density at radius 2 is 2.12 bits per heavy atom. The van der Waals surface area contributed by atoms with Gasteiger partial charge in [0.2, 0.25) is 0 Å². The molecule has 2 heterocycles. The van der Waals surface area contributed by atoms with E-state index in [0.29, 0.717) is 22.7 Å². The first-order valence-electron chi connectivity index (χ1n) is 4.64. The summed E-state index contributed by atoms with van der Waals surface area (Å²) in [4.78, 5) is 19.8. The highest BCUT2D eigenvalue weighted by Gasteiger charge is 2.19. The van der Waals surface area contributed by atoms with E-state index < -0.39 is 5.97 Å². The summed E-state index contributed by atoms with van der Waals surface area (Å²) in [6, 6.07) is 0. The standard InChI is InChI=1S/C10H10ClN3O2/c1-5-4-14-7(10(15)16-3)6(2)13-9(14)8(11)12-5/h4H,1-3H3. The summed E-state index contributed by atoms with van der Waals surface area (Å²) in [5.74, 6) is -0.438. The molecule has 6 heteroatoms. The van der Waals surface area contributed by atoms with Crippen LogP contribution in [0.15, 0.2) is 6.20 Å². The van der Waals surface area contributed by atoms with Crippen molar-refractivity contribution in [3.05, 3.63) is 28.4 Å². The fourth-order valence-electron chi connectivity index (χ4n) is 1.58. The van der Waals surface area contributed by atoms with Crippen molar-refractivity contribution in [2.24, 2.45) is 0 Å². The lowest BCUT2D eigenvalue weighted by Crippen LogP contribution is -2.07. The monoisotopic (exact) mass is 239 g/mol. The molecule has 16 heavy (non-hydrogen) atoms. The number of ether oxygens (including phenoxy) is 1. The predicted octanol–water partition coefficient (Wildman–Crippen LogP) is 1.79. The van der Waals surface area contributed by atoms with E-state index in [0.717, 1.165) is 0 Å². The van der Waals surface area contributed by atoms with E-state index in [9.17, 15) is 4.79 Å². The van der Waals surface area contributed by atoms with Gasteiger partial charge in [0.25, 0.3) is 0 Å². The minimum atomic E-state index is -0.438. The summed E-state index contributed by atoms with van der Waals surface area (Å²) in [5.41, 5.74) is 2.12. The number of aryl methyl sites for hydroxylation is 2. The lowest BCUT2D eigenvalue weighted by molar-refractivity contribution is 0.0592. The number of methoxy groups -OCH3 is 1. The van der Waals surface area contributed by atoms with Crippen LogP contribution in [0.4, 0.5) is 0 Å². The Morgan fingerprint density at radius 1 is 1.44 bits per heavy atom. The van der Waals surface area contributed by atoms with E-state index in [1.807, 2.05) is 0 Å². The highest BCUT2D eigenvalue weighted by Crippen LogP contribution is 2.19. The second-order valence-electron chi connectivity index (χ2n) is 3.40. The third-order valence-electron chi connectivity index (χ3n) is 2.24. The molecule has 0 saturated carbocycles. The smallest absolute Gasteiger partial charge is 0.356 e. The molecule has 0 aliphatic carbocycles. The van der Waals surface area contributed by atoms with Gasteiger partial charge in [0.15, 0.2) is 16.5 Å². The highest BCUT2D eigenvalue weighted by molar-refractivity contribution is 6.32. The van der Waals surface area contributed by atoms with Crippen LogP contribution in [0, 0.1) is 13.8 Å². The molecule has 2 aromatic rings. The molecular weight excluding hydrogens is 230 g/mol. The molecule has 0 spiro atoms. The van der Waals surface area contributed by atoms with Crippen molar-refractivity contribution < 1.29 is 9.53 Å². The molecule has 84 valence electrons. The van der Waals surface area contributed by atoms with Gasteiger partial charge in [-0.25, -0.2) is 14.8 Å². The first-order valence-corrected chi connectivity index (χ1v) is 5.02. The molecule has 5 nitrogen and oxygen atoms in total. The quantitative estimate of drug-likeness (QED) is 0.712. The zero-order valence-corrected chi connectivity index (χ0v) is 9.87. The maximum atomic E-state index is 11.6. The fourth-order valence-corrected chi connectivity index (χ4v) is 1.85. The zero-order valence-electron chi connectivity index (χ0n) is 9.11. The van der Waals surface area contributed by atoms with E-state index in [2.05, 4.69) is 9.97 Å². The molecule has 0 unspecified atom stereocenters. The summed E-state index contributed by atoms with van der Waals surface area (Å²) >= 11 is 5.95. The number of halogens is 1. The number of hydrogen-bond donors (Lipinski definition) is 0. The Kier molecular flexibility index (Phi) is 2.55. The van der Waals surface area contributed by atoms with E-state index >= 15 is 0 Å². The molecule has 0 aromatic carbocycles. The van der Waals surface area contributed by atoms with Crippen molar-refractivity contribution in [3.63, 3.8) is 0 Å². The largest absolute Gasteiger partial charge is 0.464 e. The summed E-state index contributed by atoms with van der Waals surface area (Å²) in [5, 5.41) is 0.276. The van der Waals surface area contributed by atoms with Gasteiger partial charge in [-0.1, -0.05) is 11.6 Å². The molecule has 0 aliphatic rings. The molecule has 0 N–H and O–H groups in total. The van der Waals surface area contributed by atoms with Gasteiger partial charge in [-0.15, -0.1) is 0 Å². The van der Waals surface area contributed by atoms with E-state index in [-0.39, 0.29) is 5.15 Å². The number of fused-ring (bicyclic) bond motifs is 1. The molecule has 0 saturated heterocycles. The van der Waals surface area contributed by atoms with Crippen molar-refractivity contribution >= 4 is 23.2 Å². The number of esters is 1. The summed E-state index contributed by atoms with van der Waals surface area (Å²) < 4.78 is 6.30. The SMILES string of the molecule is COC(=O)c1c(C)nc2c(Cl)nc(C)cn12. The molecule has 0 fully saturated rings. The van der Waals surface area contributed by atoms with Crippen molar-refractivity contribution in [1.82, 2.24) is 14.4 Å². The Hall–Kier alpha value is -1.62. The maximum Gasteiger partial charge on any atom is 0.356 e.